The Hall–Kier alpha value is -0.730. The molecule has 0 aromatic heterocycles. The molecule has 0 heterocycles. The fourth-order valence-electron chi connectivity index (χ4n) is 0.594. The quantitative estimate of drug-likeness (QED) is 0.276. The highest BCUT2D eigenvalue weighted by molar-refractivity contribution is 7.17. The third-order valence-electron chi connectivity index (χ3n) is 1.26. The molecule has 74 valence electrons. The topological polar surface area (TPSA) is 52.6 Å². The van der Waals surface area contributed by atoms with Crippen LogP contribution in [-0.2, 0) is 18.6 Å². The van der Waals surface area contributed by atoms with E-state index in [0.717, 1.165) is 6.42 Å². The van der Waals surface area contributed by atoms with Gasteiger partial charge in [0.15, 0.2) is 0 Å². The van der Waals surface area contributed by atoms with E-state index in [0.29, 0.717) is 25.2 Å². The molecule has 0 fully saturated rings. The third kappa shape index (κ3) is 7.62. The summed E-state index contributed by atoms with van der Waals surface area (Å²) in [5.74, 6) is -0.372. The Morgan fingerprint density at radius 2 is 2.00 bits per heavy atom. The van der Waals surface area contributed by atoms with Gasteiger partial charge < -0.3 is 4.74 Å². The number of ether oxygens (including phenoxy) is 1. The van der Waals surface area contributed by atoms with Crippen LogP contribution in [0.25, 0.3) is 0 Å². The summed E-state index contributed by atoms with van der Waals surface area (Å²) in [5, 5.41) is 0. The lowest BCUT2D eigenvalue weighted by Gasteiger charge is -2.02. The highest BCUT2D eigenvalue weighted by Gasteiger charge is 2.01. The summed E-state index contributed by atoms with van der Waals surface area (Å²) in [6.07, 6.45) is 1.42. The fraction of sp³-hybridized carbons (Fsp3) is 0.625. The summed E-state index contributed by atoms with van der Waals surface area (Å²) in [7, 11) is -0.306. The van der Waals surface area contributed by atoms with Crippen LogP contribution in [0.4, 0.5) is 0 Å². The molecular weight excluding hydrogens is 191 g/mol. The Morgan fingerprint density at radius 3 is 2.54 bits per heavy atom. The molecule has 0 aliphatic carbocycles. The average Bonchev–Trinajstić information content (AvgIpc) is 2.10. The SMILES string of the molecule is C=C(C)C(=O)OCCCCOP=O. The minimum atomic E-state index is -0.372. The molecule has 0 aliphatic heterocycles. The molecule has 0 saturated carbocycles. The predicted octanol–water partition coefficient (Wildman–Crippen LogP) is 2.11. The van der Waals surface area contributed by atoms with Crippen molar-refractivity contribution in [1.82, 2.24) is 0 Å². The van der Waals surface area contributed by atoms with Gasteiger partial charge in [0, 0.05) is 5.57 Å². The lowest BCUT2D eigenvalue weighted by molar-refractivity contribution is -0.139. The van der Waals surface area contributed by atoms with Gasteiger partial charge in [-0.3, -0.25) is 4.52 Å². The van der Waals surface area contributed by atoms with E-state index in [1.165, 1.54) is 0 Å². The summed E-state index contributed by atoms with van der Waals surface area (Å²) >= 11 is 0. The second-order valence-corrected chi connectivity index (χ2v) is 2.94. The normalized spacial score (nSPS) is 9.92. The van der Waals surface area contributed by atoms with E-state index in [4.69, 9.17) is 4.74 Å². The number of unbranched alkanes of at least 4 members (excludes halogenated alkanes) is 1. The number of carbonyl (C=O) groups excluding carboxylic acids is 1. The zero-order chi connectivity index (χ0) is 10.1. The standard InChI is InChI=1S/C8H13O4P/c1-7(2)8(9)11-5-3-4-6-12-13-10/h1,3-6H2,2H3. The van der Waals surface area contributed by atoms with Gasteiger partial charge in [0.25, 0.3) is 0 Å². The van der Waals surface area contributed by atoms with Crippen LogP contribution in [0, 0.1) is 0 Å². The maximum atomic E-state index is 10.8. The summed E-state index contributed by atoms with van der Waals surface area (Å²) in [4.78, 5) is 10.8. The van der Waals surface area contributed by atoms with Gasteiger partial charge in [0.1, 0.15) is 0 Å². The van der Waals surface area contributed by atoms with Gasteiger partial charge >= 0.3 is 14.7 Å². The van der Waals surface area contributed by atoms with E-state index in [-0.39, 0.29) is 14.7 Å². The van der Waals surface area contributed by atoms with Gasteiger partial charge in [0.2, 0.25) is 0 Å². The number of hydrogen-bond donors (Lipinski definition) is 0. The second kappa shape index (κ2) is 7.90. The molecule has 0 rings (SSSR count). The van der Waals surface area contributed by atoms with Crippen molar-refractivity contribution >= 4 is 14.7 Å². The number of carbonyl (C=O) groups is 1. The van der Waals surface area contributed by atoms with Gasteiger partial charge in [0.05, 0.1) is 13.2 Å². The van der Waals surface area contributed by atoms with E-state index in [2.05, 4.69) is 11.1 Å². The molecule has 13 heavy (non-hydrogen) atoms. The zero-order valence-corrected chi connectivity index (χ0v) is 8.51. The number of esters is 1. The minimum absolute atomic E-state index is 0.306. The van der Waals surface area contributed by atoms with Gasteiger partial charge in [-0.05, 0) is 19.8 Å². The van der Waals surface area contributed by atoms with Crippen LogP contribution in [0.15, 0.2) is 12.2 Å². The first-order valence-corrected chi connectivity index (χ1v) is 4.68. The van der Waals surface area contributed by atoms with Crippen molar-refractivity contribution < 1.29 is 18.6 Å². The molecule has 0 aromatic rings. The smallest absolute Gasteiger partial charge is 0.333 e. The molecule has 0 saturated heterocycles. The second-order valence-electron chi connectivity index (χ2n) is 2.53. The maximum Gasteiger partial charge on any atom is 0.333 e. The first-order chi connectivity index (χ1) is 6.18. The average molecular weight is 204 g/mol. The molecule has 5 heteroatoms. The van der Waals surface area contributed by atoms with Gasteiger partial charge in [-0.15, -0.1) is 0 Å². The van der Waals surface area contributed by atoms with E-state index < -0.39 is 0 Å². The van der Waals surface area contributed by atoms with Crippen molar-refractivity contribution in [2.24, 2.45) is 0 Å². The molecule has 0 bridgehead atoms. The van der Waals surface area contributed by atoms with Crippen molar-refractivity contribution in [3.05, 3.63) is 12.2 Å². The van der Waals surface area contributed by atoms with E-state index in [1.54, 1.807) is 6.92 Å². The number of rotatable bonds is 7. The summed E-state index contributed by atoms with van der Waals surface area (Å²) < 4.78 is 19.2. The summed E-state index contributed by atoms with van der Waals surface area (Å²) in [6, 6.07) is 0. The molecule has 0 aromatic carbocycles. The maximum absolute atomic E-state index is 10.8. The monoisotopic (exact) mass is 204 g/mol. The Balaban J connectivity index is 3.21. The van der Waals surface area contributed by atoms with Crippen molar-refractivity contribution in [2.45, 2.75) is 19.8 Å². The lowest BCUT2D eigenvalue weighted by atomic mass is 10.3. The molecule has 0 atom stereocenters. The molecule has 0 spiro atoms. The molecule has 0 unspecified atom stereocenters. The zero-order valence-electron chi connectivity index (χ0n) is 7.62. The molecule has 4 nitrogen and oxygen atoms in total. The van der Waals surface area contributed by atoms with Crippen molar-refractivity contribution in [3.8, 4) is 0 Å². The van der Waals surface area contributed by atoms with Crippen LogP contribution in [0.3, 0.4) is 0 Å². The van der Waals surface area contributed by atoms with Crippen LogP contribution in [0.2, 0.25) is 0 Å². The van der Waals surface area contributed by atoms with Gasteiger partial charge in [-0.25, -0.2) is 9.36 Å². The highest BCUT2D eigenvalue weighted by atomic mass is 31.1. The minimum Gasteiger partial charge on any atom is -0.462 e. The van der Waals surface area contributed by atoms with Crippen LogP contribution in [-0.4, -0.2) is 19.2 Å². The van der Waals surface area contributed by atoms with E-state index >= 15 is 0 Å². The first-order valence-electron chi connectivity index (χ1n) is 3.95. The van der Waals surface area contributed by atoms with Gasteiger partial charge in [-0.1, -0.05) is 6.58 Å². The summed E-state index contributed by atoms with van der Waals surface area (Å²) in [5.41, 5.74) is 0.398. The molecule has 0 aliphatic rings. The Labute approximate surface area is 79.2 Å². The fourth-order valence-corrected chi connectivity index (χ4v) is 0.798. The highest BCUT2D eigenvalue weighted by Crippen LogP contribution is 1.99. The lowest BCUT2D eigenvalue weighted by Crippen LogP contribution is -2.06. The predicted molar refractivity (Wildman–Crippen MR) is 48.6 cm³/mol. The largest absolute Gasteiger partial charge is 0.462 e. The van der Waals surface area contributed by atoms with Crippen molar-refractivity contribution in [3.63, 3.8) is 0 Å². The Kier molecular flexibility index (Phi) is 7.45. The molecule has 0 amide bonds. The van der Waals surface area contributed by atoms with Gasteiger partial charge in [-0.2, -0.15) is 0 Å². The molecule has 0 N–H and O–H groups in total. The van der Waals surface area contributed by atoms with E-state index in [1.807, 2.05) is 0 Å². The Bertz CT molecular complexity index is 191. The van der Waals surface area contributed by atoms with Crippen LogP contribution < -0.4 is 0 Å². The van der Waals surface area contributed by atoms with Crippen molar-refractivity contribution in [1.29, 1.82) is 0 Å². The van der Waals surface area contributed by atoms with E-state index in [9.17, 15) is 9.36 Å². The Morgan fingerprint density at radius 1 is 1.38 bits per heavy atom. The van der Waals surface area contributed by atoms with Crippen LogP contribution in [0.1, 0.15) is 19.8 Å². The van der Waals surface area contributed by atoms with Crippen LogP contribution in [0.5, 0.6) is 0 Å². The number of hydrogen-bond acceptors (Lipinski definition) is 4. The third-order valence-corrected chi connectivity index (χ3v) is 1.55. The van der Waals surface area contributed by atoms with Crippen LogP contribution >= 0.6 is 8.69 Å². The summed E-state index contributed by atoms with van der Waals surface area (Å²) in [6.45, 7) is 5.81. The molecule has 0 radical (unpaired) electrons. The van der Waals surface area contributed by atoms with Crippen molar-refractivity contribution in [2.75, 3.05) is 13.2 Å². The first kappa shape index (κ1) is 12.3. The molecular formula is C8H13O4P.